The van der Waals surface area contributed by atoms with Crippen molar-refractivity contribution in [2.75, 3.05) is 18.5 Å². The van der Waals surface area contributed by atoms with Crippen LogP contribution in [0, 0.1) is 49.4 Å². The summed E-state index contributed by atoms with van der Waals surface area (Å²) in [5.74, 6) is 9.62. The summed E-state index contributed by atoms with van der Waals surface area (Å²) in [7, 11) is -1.34. The zero-order valence-corrected chi connectivity index (χ0v) is 66.2. The Hall–Kier alpha value is -6.00. The van der Waals surface area contributed by atoms with E-state index in [0.29, 0.717) is 0 Å². The van der Waals surface area contributed by atoms with Crippen molar-refractivity contribution in [1.82, 2.24) is 0 Å². The number of hydrogen-bond acceptors (Lipinski definition) is 2. The Labute approximate surface area is 639 Å². The topological polar surface area (TPSA) is 0 Å². The number of fused-ring (bicyclic) bond motifs is 6. The standard InChI is InChI=1S/C26H24P2.2C16H6S.C15H17P.C12H11P.4Au/c1-5-13-23(14-6-1)27(24-15-7-2-8-16-24)21-22-28(25-17-9-3-10-18-25)26-19-11-4-12-20-26;2*1-3-11-5-7-15-13(9-11)14-10-12(4-2)6-8-16(14)17-15;1-2-13-16(14-9-5-3-6-10-14)15-11-7-4-8-12-15;1-3-7-11(8-4-1)13-12-9-5-2-6-10-12;;;;/h1-20H,21-22H2;2*5-10H;3-12H,2,13H2,1H3;1-10,13H;;;;/q;2*-2;;;4*+1/p+3. The van der Waals surface area contributed by atoms with Crippen LogP contribution < -0.4 is 42.4 Å². The van der Waals surface area contributed by atoms with Gasteiger partial charge in [-0.15, -0.1) is 93.5 Å². The first-order valence-corrected chi connectivity index (χ1v) is 38.1. The van der Waals surface area contributed by atoms with Crippen LogP contribution in [0.2, 0.25) is 0 Å². The number of hydrogen-bond donors (Lipinski definition) is 0. The van der Waals surface area contributed by atoms with E-state index in [0.717, 1.165) is 52.4 Å². The first kappa shape index (κ1) is 78.0. The van der Waals surface area contributed by atoms with Gasteiger partial charge >= 0.3 is 89.5 Å². The molecule has 12 aromatic carbocycles. The van der Waals surface area contributed by atoms with Gasteiger partial charge in [-0.2, -0.15) is 0 Å². The second kappa shape index (κ2) is 42.0. The molecule has 0 fully saturated rings. The summed E-state index contributed by atoms with van der Waals surface area (Å²) < 4.78 is 4.78. The first-order chi connectivity index (χ1) is 44.9. The van der Waals surface area contributed by atoms with Crippen molar-refractivity contribution in [3.63, 3.8) is 0 Å². The fraction of sp³-hybridized carbons (Fsp3) is 0.0588. The first-order valence-electron chi connectivity index (χ1n) is 30.3. The molecule has 10 heteroatoms. The van der Waals surface area contributed by atoms with Crippen molar-refractivity contribution in [3.05, 3.63) is 363 Å². The Balaban J connectivity index is 0.000000191. The molecule has 0 aliphatic carbocycles. The maximum absolute atomic E-state index is 7.17. The van der Waals surface area contributed by atoms with Crippen LogP contribution in [0.1, 0.15) is 35.6 Å². The molecule has 480 valence electrons. The molecule has 0 N–H and O–H groups in total. The van der Waals surface area contributed by atoms with Crippen molar-refractivity contribution < 1.29 is 89.5 Å². The molecule has 0 atom stereocenters. The molecule has 0 bridgehead atoms. The second-order valence-electron chi connectivity index (χ2n) is 21.3. The Morgan fingerprint density at radius 1 is 0.274 bits per heavy atom. The predicted molar refractivity (Wildman–Crippen MR) is 410 cm³/mol. The number of thiophene rings is 2. The second-order valence-corrected chi connectivity index (χ2v) is 32.7. The monoisotopic (exact) mass is 2060 g/mol. The minimum absolute atomic E-state index is 0. The van der Waals surface area contributed by atoms with Crippen LogP contribution in [-0.4, -0.2) is 18.5 Å². The van der Waals surface area contributed by atoms with Crippen LogP contribution >= 0.6 is 55.0 Å². The maximum Gasteiger partial charge on any atom is 1.00 e. The van der Waals surface area contributed by atoms with Gasteiger partial charge in [0.1, 0.15) is 12.3 Å². The molecule has 2 heterocycles. The van der Waals surface area contributed by atoms with E-state index in [1.54, 1.807) is 22.7 Å². The van der Waals surface area contributed by atoms with Gasteiger partial charge in [0.2, 0.25) is 0 Å². The molecular formula is C85H67Au4P4S2+3. The predicted octanol–water partition coefficient (Wildman–Crippen LogP) is 18.1. The van der Waals surface area contributed by atoms with Crippen LogP contribution in [0.15, 0.2) is 315 Å². The summed E-state index contributed by atoms with van der Waals surface area (Å²) in [6.07, 6.45) is 33.8. The van der Waals surface area contributed by atoms with E-state index in [2.05, 4.69) is 273 Å². The molecule has 0 saturated heterocycles. The molecule has 14 rings (SSSR count). The van der Waals surface area contributed by atoms with Crippen molar-refractivity contribution in [2.45, 2.75) is 13.3 Å². The Kier molecular flexibility index (Phi) is 34.4. The summed E-state index contributed by atoms with van der Waals surface area (Å²) in [4.78, 5) is 0. The summed E-state index contributed by atoms with van der Waals surface area (Å²) >= 11 is 3.44. The average molecular weight is 2060 g/mol. The van der Waals surface area contributed by atoms with Crippen LogP contribution in [-0.2, 0) is 89.5 Å². The molecule has 0 aliphatic rings. The molecule has 0 amide bonds. The number of rotatable bonds is 13. The van der Waals surface area contributed by atoms with Gasteiger partial charge in [0, 0.05) is 18.8 Å². The third kappa shape index (κ3) is 22.5. The fourth-order valence-electron chi connectivity index (χ4n) is 10.8. The van der Waals surface area contributed by atoms with Gasteiger partial charge in [-0.25, -0.2) is 0 Å². The van der Waals surface area contributed by atoms with Crippen LogP contribution in [0.5, 0.6) is 0 Å². The summed E-state index contributed by atoms with van der Waals surface area (Å²) in [6.45, 7) is 2.27. The molecule has 0 spiro atoms. The molecule has 95 heavy (non-hydrogen) atoms. The van der Waals surface area contributed by atoms with Crippen molar-refractivity contribution in [1.29, 1.82) is 0 Å². The largest absolute Gasteiger partial charge is 1.00 e. The summed E-state index contributed by atoms with van der Waals surface area (Å²) in [6, 6.07) is 111. The zero-order valence-electron chi connectivity index (χ0n) is 51.9. The molecule has 2 aromatic heterocycles. The van der Waals surface area contributed by atoms with Gasteiger partial charge in [-0.3, -0.25) is 23.7 Å². The fourth-order valence-corrected chi connectivity index (χ4v) is 22.8. The normalized spacial score (nSPS) is 10.1. The van der Waals surface area contributed by atoms with Crippen LogP contribution in [0.25, 0.3) is 40.3 Å². The third-order valence-electron chi connectivity index (χ3n) is 15.2. The van der Waals surface area contributed by atoms with Crippen molar-refractivity contribution in [2.24, 2.45) is 0 Å². The van der Waals surface area contributed by atoms with Crippen molar-refractivity contribution >= 4 is 138 Å². The molecule has 0 radical (unpaired) electrons. The van der Waals surface area contributed by atoms with E-state index in [-0.39, 0.29) is 89.5 Å². The van der Waals surface area contributed by atoms with Gasteiger partial charge in [0.15, 0.2) is 0 Å². The zero-order chi connectivity index (χ0) is 62.8. The van der Waals surface area contributed by atoms with E-state index in [4.69, 9.17) is 25.7 Å². The van der Waals surface area contributed by atoms with Gasteiger partial charge in [-0.05, 0) is 111 Å². The summed E-state index contributed by atoms with van der Waals surface area (Å²) in [5, 5.41) is 16.4. The van der Waals surface area contributed by atoms with E-state index >= 15 is 0 Å². The van der Waals surface area contributed by atoms with Gasteiger partial charge in [0.25, 0.3) is 0 Å². The summed E-state index contributed by atoms with van der Waals surface area (Å²) in [5.41, 5.74) is 3.12. The van der Waals surface area contributed by atoms with Gasteiger partial charge in [-0.1, -0.05) is 210 Å². The molecule has 14 aromatic rings. The Morgan fingerprint density at radius 2 is 0.474 bits per heavy atom. The quantitative estimate of drug-likeness (QED) is 0.0467. The van der Waals surface area contributed by atoms with E-state index in [1.165, 1.54) is 86.1 Å². The molecule has 0 nitrogen and oxygen atoms in total. The van der Waals surface area contributed by atoms with Crippen molar-refractivity contribution in [3.8, 4) is 23.7 Å². The van der Waals surface area contributed by atoms with E-state index < -0.39 is 23.8 Å². The van der Waals surface area contributed by atoms with Gasteiger partial charge < -0.3 is 25.7 Å². The Morgan fingerprint density at radius 3 is 0.674 bits per heavy atom. The molecule has 0 saturated carbocycles. The van der Waals surface area contributed by atoms with E-state index in [1.807, 2.05) is 72.8 Å². The molecular weight excluding hydrogens is 2000 g/mol. The smallest absolute Gasteiger partial charge is 0.366 e. The Bertz CT molecular complexity index is 4220. The minimum atomic E-state index is -0.783. The SMILES string of the molecule is CCC[PH+](c1ccccc1)c1ccccc1.[Au+].[Au+].[Au+].[Au+].[C-]#Cc1ccc2sc3ccc(C#[C-])cc3c2c1.[C-]#Cc1ccc2sc3ccc(C#[C-])cc3c2c1.c1ccc(Pc2ccccc2)cc1.c1ccc([PH+](CC[PH+](c2ccccc2)c2ccccc2)c2ccccc2)cc1. The molecule has 0 unspecified atom stereocenters. The van der Waals surface area contributed by atoms with Gasteiger partial charge in [0.05, 0.1) is 61.8 Å². The number of benzene rings is 12. The van der Waals surface area contributed by atoms with E-state index in [9.17, 15) is 0 Å². The molecule has 0 aliphatic heterocycles. The maximum atomic E-state index is 7.17. The van der Waals surface area contributed by atoms with Crippen LogP contribution in [0.4, 0.5) is 0 Å². The third-order valence-corrected chi connectivity index (χ3v) is 27.9. The minimum Gasteiger partial charge on any atom is -0.366 e. The average Bonchev–Trinajstić information content (AvgIpc) is 1.65. The van der Waals surface area contributed by atoms with Crippen LogP contribution in [0.3, 0.4) is 0 Å².